The van der Waals surface area contributed by atoms with Gasteiger partial charge in [0.25, 0.3) is 0 Å². The van der Waals surface area contributed by atoms with E-state index in [-0.39, 0.29) is 42.8 Å². The van der Waals surface area contributed by atoms with Gasteiger partial charge in [0, 0.05) is 29.7 Å². The van der Waals surface area contributed by atoms with Gasteiger partial charge in [-0.05, 0) is 55.4 Å². The maximum atomic E-state index is 11.0. The van der Waals surface area contributed by atoms with Crippen molar-refractivity contribution in [3.63, 3.8) is 0 Å². The Labute approximate surface area is 186 Å². The van der Waals surface area contributed by atoms with Crippen LogP contribution in [0.15, 0.2) is 30.4 Å². The van der Waals surface area contributed by atoms with Crippen LogP contribution in [0.5, 0.6) is 5.75 Å². The third-order valence-corrected chi connectivity index (χ3v) is 5.85. The highest BCUT2D eigenvalue weighted by atomic mass is 35.5. The molecule has 4 atom stereocenters. The summed E-state index contributed by atoms with van der Waals surface area (Å²) >= 11 is 12.6. The van der Waals surface area contributed by atoms with Crippen LogP contribution < -0.4 is 4.74 Å². The molecular weight excluding hydrogens is 431 g/mol. The number of ether oxygens (including phenoxy) is 2. The molecule has 1 fully saturated rings. The van der Waals surface area contributed by atoms with Crippen molar-refractivity contribution >= 4 is 35.1 Å². The van der Waals surface area contributed by atoms with Gasteiger partial charge in [0.2, 0.25) is 0 Å². The Morgan fingerprint density at radius 3 is 2.70 bits per heavy atom. The molecule has 0 aliphatic heterocycles. The van der Waals surface area contributed by atoms with Crippen LogP contribution in [0.3, 0.4) is 0 Å². The van der Waals surface area contributed by atoms with Crippen LogP contribution in [-0.4, -0.2) is 40.2 Å². The van der Waals surface area contributed by atoms with Crippen LogP contribution in [0.4, 0.5) is 0 Å². The summed E-state index contributed by atoms with van der Waals surface area (Å²) in [7, 11) is 0. The predicted octanol–water partition coefficient (Wildman–Crippen LogP) is 4.59. The Bertz CT molecular complexity index is 751. The van der Waals surface area contributed by atoms with Crippen molar-refractivity contribution in [1.29, 1.82) is 0 Å². The Morgan fingerprint density at radius 1 is 1.23 bits per heavy atom. The van der Waals surface area contributed by atoms with Crippen LogP contribution >= 0.6 is 23.2 Å². The normalized spacial score (nSPS) is 23.6. The molecule has 1 aromatic rings. The van der Waals surface area contributed by atoms with Gasteiger partial charge in [-0.2, -0.15) is 0 Å². The first-order valence-electron chi connectivity index (χ1n) is 10.0. The maximum Gasteiger partial charge on any atom is 0.303 e. The van der Waals surface area contributed by atoms with Crippen molar-refractivity contribution in [1.82, 2.24) is 0 Å². The predicted molar refractivity (Wildman–Crippen MR) is 115 cm³/mol. The van der Waals surface area contributed by atoms with Gasteiger partial charge < -0.3 is 19.7 Å². The fourth-order valence-electron chi connectivity index (χ4n) is 3.60. The molecule has 6 nitrogen and oxygen atoms in total. The van der Waals surface area contributed by atoms with E-state index in [2.05, 4.69) is 0 Å². The first kappa shape index (κ1) is 24.5. The number of hydrogen-bond donors (Lipinski definition) is 2. The largest absolute Gasteiger partial charge is 0.493 e. The molecule has 1 aliphatic carbocycles. The second-order valence-corrected chi connectivity index (χ2v) is 8.52. The molecule has 1 saturated carbocycles. The van der Waals surface area contributed by atoms with Crippen molar-refractivity contribution in [3.05, 3.63) is 40.9 Å². The molecule has 0 amide bonds. The minimum atomic E-state index is -0.794. The summed E-state index contributed by atoms with van der Waals surface area (Å²) < 4.78 is 10.9. The van der Waals surface area contributed by atoms with Crippen LogP contribution in [0.1, 0.15) is 44.6 Å². The standard InChI is InChI=1S/C22H28Cl2O6/c1-14(25)29-12-15-8-16(23)10-17(9-15)30-13-19-18(20(24)11-21(19)26)6-4-2-3-5-7-22(27)28/h2,4,8-10,18-21,26H,3,5-7,11-13H2,1H3,(H,27,28)/b4-2-. The lowest BCUT2D eigenvalue weighted by molar-refractivity contribution is -0.142. The van der Waals surface area contributed by atoms with Gasteiger partial charge in [-0.15, -0.1) is 11.6 Å². The number of rotatable bonds is 11. The van der Waals surface area contributed by atoms with E-state index in [0.29, 0.717) is 36.5 Å². The molecule has 0 aromatic heterocycles. The topological polar surface area (TPSA) is 93.1 Å². The van der Waals surface area contributed by atoms with Crippen LogP contribution in [-0.2, 0) is 20.9 Å². The van der Waals surface area contributed by atoms with E-state index < -0.39 is 12.1 Å². The summed E-state index contributed by atoms with van der Waals surface area (Å²) in [5.74, 6) is -0.710. The monoisotopic (exact) mass is 458 g/mol. The molecule has 2 rings (SSSR count). The number of benzene rings is 1. The fraction of sp³-hybridized carbons (Fsp3) is 0.545. The van der Waals surface area contributed by atoms with E-state index >= 15 is 0 Å². The van der Waals surface area contributed by atoms with Crippen molar-refractivity contribution in [2.45, 2.75) is 57.1 Å². The second kappa shape index (κ2) is 12.2. The Hall–Kier alpha value is -1.76. The molecule has 0 bridgehead atoms. The average molecular weight is 459 g/mol. The second-order valence-electron chi connectivity index (χ2n) is 7.53. The number of carbonyl (C=O) groups excluding carboxylic acids is 1. The number of halogens is 2. The number of esters is 1. The number of aliphatic carboxylic acids is 1. The molecule has 1 aromatic carbocycles. The summed E-state index contributed by atoms with van der Waals surface area (Å²) in [6.45, 7) is 1.74. The number of carbonyl (C=O) groups is 2. The number of allylic oxidation sites excluding steroid dienone is 2. The van der Waals surface area contributed by atoms with Gasteiger partial charge >= 0.3 is 11.9 Å². The third-order valence-electron chi connectivity index (χ3n) is 5.13. The molecule has 0 spiro atoms. The van der Waals surface area contributed by atoms with E-state index in [1.165, 1.54) is 6.92 Å². The molecular formula is C22H28Cl2O6. The molecule has 2 N–H and O–H groups in total. The minimum absolute atomic E-state index is 0.0529. The van der Waals surface area contributed by atoms with Crippen molar-refractivity contribution in [2.75, 3.05) is 6.61 Å². The lowest BCUT2D eigenvalue weighted by Gasteiger charge is -2.23. The first-order valence-corrected chi connectivity index (χ1v) is 10.8. The van der Waals surface area contributed by atoms with Crippen LogP contribution in [0, 0.1) is 11.8 Å². The third kappa shape index (κ3) is 8.17. The summed E-state index contributed by atoms with van der Waals surface area (Å²) in [5.41, 5.74) is 0.718. The number of alkyl halides is 1. The van der Waals surface area contributed by atoms with E-state index in [0.717, 1.165) is 5.56 Å². The van der Waals surface area contributed by atoms with Gasteiger partial charge in [0.1, 0.15) is 12.4 Å². The highest BCUT2D eigenvalue weighted by molar-refractivity contribution is 6.30. The van der Waals surface area contributed by atoms with E-state index in [4.69, 9.17) is 37.8 Å². The van der Waals surface area contributed by atoms with Crippen molar-refractivity contribution in [2.24, 2.45) is 11.8 Å². The molecule has 0 radical (unpaired) electrons. The van der Waals surface area contributed by atoms with E-state index in [1.54, 1.807) is 18.2 Å². The number of carboxylic acid groups (broad SMARTS) is 1. The molecule has 0 saturated heterocycles. The zero-order valence-electron chi connectivity index (χ0n) is 16.9. The SMILES string of the molecule is CC(=O)OCc1cc(Cl)cc(OCC2C(O)CC(Cl)C2C/C=C\CCCC(=O)O)c1. The minimum Gasteiger partial charge on any atom is -0.493 e. The maximum absolute atomic E-state index is 11.0. The van der Waals surface area contributed by atoms with Crippen molar-refractivity contribution in [3.8, 4) is 5.75 Å². The number of unbranched alkanes of at least 4 members (excludes halogenated alkanes) is 1. The van der Waals surface area contributed by atoms with Gasteiger partial charge in [0.05, 0.1) is 12.7 Å². The molecule has 4 unspecified atom stereocenters. The number of aliphatic hydroxyl groups is 1. The lowest BCUT2D eigenvalue weighted by atomic mass is 9.92. The first-order chi connectivity index (χ1) is 14.3. The quantitative estimate of drug-likeness (QED) is 0.218. The van der Waals surface area contributed by atoms with Gasteiger partial charge in [-0.3, -0.25) is 9.59 Å². The van der Waals surface area contributed by atoms with Crippen LogP contribution in [0.2, 0.25) is 5.02 Å². The highest BCUT2D eigenvalue weighted by Crippen LogP contribution is 2.39. The summed E-state index contributed by atoms with van der Waals surface area (Å²) in [6, 6.07) is 5.13. The number of hydrogen-bond acceptors (Lipinski definition) is 5. The lowest BCUT2D eigenvalue weighted by Crippen LogP contribution is -2.27. The molecule has 166 valence electrons. The van der Waals surface area contributed by atoms with Crippen LogP contribution in [0.25, 0.3) is 0 Å². The average Bonchev–Trinajstić information content (AvgIpc) is 2.93. The number of aliphatic hydroxyl groups excluding tert-OH is 1. The van der Waals surface area contributed by atoms with Crippen molar-refractivity contribution < 1.29 is 29.3 Å². The van der Waals surface area contributed by atoms with E-state index in [1.807, 2.05) is 12.2 Å². The summed E-state index contributed by atoms with van der Waals surface area (Å²) in [5, 5.41) is 19.4. The Kier molecular flexibility index (Phi) is 9.95. The highest BCUT2D eigenvalue weighted by Gasteiger charge is 2.41. The molecule has 30 heavy (non-hydrogen) atoms. The van der Waals surface area contributed by atoms with E-state index in [9.17, 15) is 14.7 Å². The Morgan fingerprint density at radius 2 is 2.00 bits per heavy atom. The van der Waals surface area contributed by atoms with Gasteiger partial charge in [-0.25, -0.2) is 0 Å². The molecule has 8 heteroatoms. The summed E-state index contributed by atoms with van der Waals surface area (Å²) in [4.78, 5) is 21.6. The van der Waals surface area contributed by atoms with Gasteiger partial charge in [-0.1, -0.05) is 23.8 Å². The summed E-state index contributed by atoms with van der Waals surface area (Å²) in [6.07, 6.45) is 6.05. The molecule has 1 aliphatic rings. The van der Waals surface area contributed by atoms with Gasteiger partial charge in [0.15, 0.2) is 0 Å². The molecule has 0 heterocycles. The zero-order valence-corrected chi connectivity index (χ0v) is 18.4. The fourth-order valence-corrected chi connectivity index (χ4v) is 4.32. The number of carboxylic acids is 1. The smallest absolute Gasteiger partial charge is 0.303 e. The Balaban J connectivity index is 1.92. The zero-order chi connectivity index (χ0) is 22.1.